The number of thiophene rings is 1. The fourth-order valence-electron chi connectivity index (χ4n) is 2.87. The highest BCUT2D eigenvalue weighted by molar-refractivity contribution is 14.0. The van der Waals surface area contributed by atoms with Crippen molar-refractivity contribution in [2.45, 2.75) is 33.4 Å². The van der Waals surface area contributed by atoms with Crippen LogP contribution in [0.2, 0.25) is 0 Å². The molecule has 0 aromatic carbocycles. The van der Waals surface area contributed by atoms with E-state index in [0.29, 0.717) is 12.0 Å². The molecule has 5 nitrogen and oxygen atoms in total. The first-order valence-corrected chi connectivity index (χ1v) is 9.23. The number of nitrogens with one attached hydrogen (secondary N) is 2. The van der Waals surface area contributed by atoms with E-state index >= 15 is 0 Å². The van der Waals surface area contributed by atoms with Gasteiger partial charge in [0.05, 0.1) is 19.8 Å². The zero-order chi connectivity index (χ0) is 16.7. The Bertz CT molecular complexity index is 501. The molecule has 138 valence electrons. The number of ether oxygens (including phenoxy) is 1. The summed E-state index contributed by atoms with van der Waals surface area (Å²) >= 11 is 1.82. The number of morpholine rings is 1. The van der Waals surface area contributed by atoms with Crippen LogP contribution in [0.3, 0.4) is 0 Å². The molecule has 1 aromatic heterocycles. The third-order valence-electron chi connectivity index (χ3n) is 4.21. The van der Waals surface area contributed by atoms with Crippen LogP contribution < -0.4 is 10.6 Å². The second-order valence-electron chi connectivity index (χ2n) is 6.28. The summed E-state index contributed by atoms with van der Waals surface area (Å²) in [5, 5.41) is 6.89. The maximum atomic E-state index is 5.47. The Morgan fingerprint density at radius 3 is 2.54 bits per heavy atom. The normalized spacial score (nSPS) is 17.5. The van der Waals surface area contributed by atoms with Crippen LogP contribution in [-0.4, -0.2) is 56.8 Å². The van der Waals surface area contributed by atoms with E-state index in [1.165, 1.54) is 9.75 Å². The van der Waals surface area contributed by atoms with Gasteiger partial charge < -0.3 is 15.4 Å². The Balaban J connectivity index is 0.00000288. The van der Waals surface area contributed by atoms with Crippen molar-refractivity contribution in [2.75, 3.05) is 39.9 Å². The molecule has 1 atom stereocenters. The minimum Gasteiger partial charge on any atom is -0.379 e. The molecule has 2 rings (SSSR count). The van der Waals surface area contributed by atoms with Gasteiger partial charge in [-0.05, 0) is 25.0 Å². The maximum Gasteiger partial charge on any atom is 0.191 e. The number of nitrogens with zero attached hydrogens (tertiary/aromatic N) is 2. The summed E-state index contributed by atoms with van der Waals surface area (Å²) in [5.41, 5.74) is 0. The molecular formula is C17H31IN4OS. The van der Waals surface area contributed by atoms with Gasteiger partial charge in [-0.2, -0.15) is 0 Å². The average Bonchev–Trinajstić information content (AvgIpc) is 2.96. The molecule has 0 spiro atoms. The van der Waals surface area contributed by atoms with Crippen molar-refractivity contribution in [1.82, 2.24) is 15.5 Å². The average molecular weight is 466 g/mol. The molecule has 24 heavy (non-hydrogen) atoms. The predicted octanol–water partition coefficient (Wildman–Crippen LogP) is 2.70. The van der Waals surface area contributed by atoms with Crippen molar-refractivity contribution < 1.29 is 4.74 Å². The molecular weight excluding hydrogens is 435 g/mol. The van der Waals surface area contributed by atoms with Crippen LogP contribution in [-0.2, 0) is 11.3 Å². The minimum atomic E-state index is 0. The summed E-state index contributed by atoms with van der Waals surface area (Å²) in [5.74, 6) is 1.47. The van der Waals surface area contributed by atoms with Crippen LogP contribution in [0.4, 0.5) is 0 Å². The minimum absolute atomic E-state index is 0. The second kappa shape index (κ2) is 11.3. The Hall–Kier alpha value is -0.380. The number of hydrogen-bond acceptors (Lipinski definition) is 4. The van der Waals surface area contributed by atoms with Gasteiger partial charge in [-0.15, -0.1) is 35.3 Å². The molecule has 1 aliphatic rings. The Morgan fingerprint density at radius 2 is 2.00 bits per heavy atom. The van der Waals surface area contributed by atoms with Gasteiger partial charge in [0.2, 0.25) is 0 Å². The second-order valence-corrected chi connectivity index (χ2v) is 7.65. The molecule has 1 aromatic rings. The Labute approximate surface area is 167 Å². The third kappa shape index (κ3) is 6.85. The lowest BCUT2D eigenvalue weighted by atomic mass is 10.0. The van der Waals surface area contributed by atoms with Crippen molar-refractivity contribution in [3.8, 4) is 0 Å². The van der Waals surface area contributed by atoms with Crippen molar-refractivity contribution in [2.24, 2.45) is 10.9 Å². The molecule has 1 saturated heterocycles. The highest BCUT2D eigenvalue weighted by atomic mass is 127. The molecule has 0 bridgehead atoms. The van der Waals surface area contributed by atoms with E-state index in [-0.39, 0.29) is 24.0 Å². The van der Waals surface area contributed by atoms with Gasteiger partial charge in [-0.3, -0.25) is 9.89 Å². The van der Waals surface area contributed by atoms with E-state index in [9.17, 15) is 0 Å². The number of aliphatic imine (C=N–C) groups is 1. The van der Waals surface area contributed by atoms with Gasteiger partial charge in [0.15, 0.2) is 5.96 Å². The zero-order valence-electron chi connectivity index (χ0n) is 15.2. The summed E-state index contributed by atoms with van der Waals surface area (Å²) in [6.07, 6.45) is 0. The Morgan fingerprint density at radius 1 is 1.29 bits per heavy atom. The van der Waals surface area contributed by atoms with Gasteiger partial charge in [-0.1, -0.05) is 13.8 Å². The van der Waals surface area contributed by atoms with Crippen LogP contribution in [0, 0.1) is 12.8 Å². The predicted molar refractivity (Wildman–Crippen MR) is 114 cm³/mol. The standard InChI is InChI=1S/C17H30N4OS.HI/c1-13(2)16(21-7-9-22-10-8-21)12-20-17(18-4)19-11-15-6-5-14(3)23-15;/h5-6,13,16H,7-12H2,1-4H3,(H2,18,19,20);1H. The van der Waals surface area contributed by atoms with E-state index < -0.39 is 0 Å². The highest BCUT2D eigenvalue weighted by Crippen LogP contribution is 2.14. The van der Waals surface area contributed by atoms with Crippen LogP contribution in [0.5, 0.6) is 0 Å². The topological polar surface area (TPSA) is 48.9 Å². The zero-order valence-corrected chi connectivity index (χ0v) is 18.3. The lowest BCUT2D eigenvalue weighted by Gasteiger charge is -2.37. The van der Waals surface area contributed by atoms with Gasteiger partial charge in [0.1, 0.15) is 0 Å². The SMILES string of the molecule is CN=C(NCc1ccc(C)s1)NCC(C(C)C)N1CCOCC1.I. The number of guanidine groups is 1. The summed E-state index contributed by atoms with van der Waals surface area (Å²) in [4.78, 5) is 9.54. The fourth-order valence-corrected chi connectivity index (χ4v) is 3.70. The van der Waals surface area contributed by atoms with Crippen LogP contribution in [0.25, 0.3) is 0 Å². The lowest BCUT2D eigenvalue weighted by molar-refractivity contribution is 0.00752. The summed E-state index contributed by atoms with van der Waals surface area (Å²) in [6, 6.07) is 4.83. The first kappa shape index (κ1) is 21.7. The van der Waals surface area contributed by atoms with Crippen molar-refractivity contribution in [3.63, 3.8) is 0 Å². The van der Waals surface area contributed by atoms with E-state index in [1.807, 2.05) is 18.4 Å². The summed E-state index contributed by atoms with van der Waals surface area (Å²) in [7, 11) is 1.83. The van der Waals surface area contributed by atoms with E-state index in [2.05, 4.69) is 53.4 Å². The first-order valence-electron chi connectivity index (χ1n) is 8.41. The molecule has 1 unspecified atom stereocenters. The smallest absolute Gasteiger partial charge is 0.191 e. The number of aryl methyl sites for hydroxylation is 1. The fraction of sp³-hybridized carbons (Fsp3) is 0.706. The Kier molecular flexibility index (Phi) is 10.2. The molecule has 0 amide bonds. The molecule has 1 aliphatic heterocycles. The van der Waals surface area contributed by atoms with Crippen molar-refractivity contribution >= 4 is 41.3 Å². The van der Waals surface area contributed by atoms with Crippen LogP contribution >= 0.6 is 35.3 Å². The molecule has 2 N–H and O–H groups in total. The van der Waals surface area contributed by atoms with E-state index in [4.69, 9.17) is 4.74 Å². The number of halogens is 1. The molecule has 0 aliphatic carbocycles. The van der Waals surface area contributed by atoms with Crippen LogP contribution in [0.15, 0.2) is 17.1 Å². The van der Waals surface area contributed by atoms with Gasteiger partial charge in [-0.25, -0.2) is 0 Å². The summed E-state index contributed by atoms with van der Waals surface area (Å²) < 4.78 is 5.47. The number of rotatable bonds is 6. The van der Waals surface area contributed by atoms with Gasteiger partial charge >= 0.3 is 0 Å². The molecule has 2 heterocycles. The molecule has 0 saturated carbocycles. The quantitative estimate of drug-likeness (QED) is 0.385. The highest BCUT2D eigenvalue weighted by Gasteiger charge is 2.23. The summed E-state index contributed by atoms with van der Waals surface area (Å²) in [6.45, 7) is 12.1. The molecule has 1 fully saturated rings. The maximum absolute atomic E-state index is 5.47. The monoisotopic (exact) mass is 466 g/mol. The molecule has 7 heteroatoms. The van der Waals surface area contributed by atoms with E-state index in [0.717, 1.165) is 45.4 Å². The van der Waals surface area contributed by atoms with Gasteiger partial charge in [0.25, 0.3) is 0 Å². The van der Waals surface area contributed by atoms with Crippen LogP contribution in [0.1, 0.15) is 23.6 Å². The lowest BCUT2D eigenvalue weighted by Crippen LogP contribution is -2.52. The van der Waals surface area contributed by atoms with Crippen molar-refractivity contribution in [1.29, 1.82) is 0 Å². The van der Waals surface area contributed by atoms with Crippen molar-refractivity contribution in [3.05, 3.63) is 21.9 Å². The largest absolute Gasteiger partial charge is 0.379 e. The van der Waals surface area contributed by atoms with Gasteiger partial charge in [0, 0.05) is 42.5 Å². The van der Waals surface area contributed by atoms with E-state index in [1.54, 1.807) is 0 Å². The first-order chi connectivity index (χ1) is 11.1. The molecule has 0 radical (unpaired) electrons. The number of hydrogen-bond donors (Lipinski definition) is 2. The third-order valence-corrected chi connectivity index (χ3v) is 5.21.